The number of hydrogen-bond acceptors (Lipinski definition) is 3. The van der Waals surface area contributed by atoms with Crippen molar-refractivity contribution in [3.8, 4) is 11.8 Å². The SMILES string of the molecule is COc1c(C)cc(Cl)cc1N(C)CCCC#N. The fraction of sp³-hybridized carbons (Fsp3) is 0.462. The summed E-state index contributed by atoms with van der Waals surface area (Å²) in [6, 6.07) is 5.91. The molecule has 0 unspecified atom stereocenters. The fourth-order valence-electron chi connectivity index (χ4n) is 1.78. The van der Waals surface area contributed by atoms with Crippen LogP contribution in [0.4, 0.5) is 5.69 Å². The lowest BCUT2D eigenvalue weighted by Crippen LogP contribution is -2.19. The average Bonchev–Trinajstić information content (AvgIpc) is 2.28. The Kier molecular flexibility index (Phi) is 5.11. The highest BCUT2D eigenvalue weighted by Crippen LogP contribution is 2.34. The van der Waals surface area contributed by atoms with Crippen molar-refractivity contribution in [1.29, 1.82) is 5.26 Å². The first kappa shape index (κ1) is 13.7. The topological polar surface area (TPSA) is 36.3 Å². The standard InChI is InChI=1S/C13H17ClN2O/c1-10-8-11(14)9-12(13(10)17-3)16(2)7-5-4-6-15/h8-9H,4-5,7H2,1-3H3. The molecule has 0 N–H and O–H groups in total. The Labute approximate surface area is 108 Å². The number of unbranched alkanes of at least 4 members (excludes halogenated alkanes) is 1. The van der Waals surface area contributed by atoms with E-state index in [-0.39, 0.29) is 0 Å². The maximum atomic E-state index is 8.52. The molecule has 1 rings (SSSR count). The van der Waals surface area contributed by atoms with Crippen molar-refractivity contribution >= 4 is 17.3 Å². The third kappa shape index (κ3) is 3.54. The van der Waals surface area contributed by atoms with Gasteiger partial charge in [-0.3, -0.25) is 0 Å². The Morgan fingerprint density at radius 3 is 2.76 bits per heavy atom. The van der Waals surface area contributed by atoms with Crippen LogP contribution in [0.15, 0.2) is 12.1 Å². The number of halogens is 1. The minimum absolute atomic E-state index is 0.562. The summed E-state index contributed by atoms with van der Waals surface area (Å²) in [7, 11) is 3.63. The van der Waals surface area contributed by atoms with Gasteiger partial charge in [0.25, 0.3) is 0 Å². The van der Waals surface area contributed by atoms with E-state index >= 15 is 0 Å². The summed E-state index contributed by atoms with van der Waals surface area (Å²) < 4.78 is 5.39. The highest BCUT2D eigenvalue weighted by atomic mass is 35.5. The van der Waals surface area contributed by atoms with Crippen molar-refractivity contribution in [3.05, 3.63) is 22.7 Å². The molecule has 0 amide bonds. The fourth-order valence-corrected chi connectivity index (χ4v) is 2.04. The van der Waals surface area contributed by atoms with Crippen LogP contribution in [0.2, 0.25) is 5.02 Å². The molecule has 0 heterocycles. The molecule has 0 spiro atoms. The molecule has 1 aromatic carbocycles. The first-order valence-electron chi connectivity index (χ1n) is 5.52. The summed E-state index contributed by atoms with van der Waals surface area (Å²) in [4.78, 5) is 2.06. The third-order valence-corrected chi connectivity index (χ3v) is 2.84. The van der Waals surface area contributed by atoms with Crippen molar-refractivity contribution in [1.82, 2.24) is 0 Å². The van der Waals surface area contributed by atoms with E-state index in [1.165, 1.54) is 0 Å². The normalized spacial score (nSPS) is 9.82. The van der Waals surface area contributed by atoms with Gasteiger partial charge in [-0.2, -0.15) is 5.26 Å². The molecule has 3 nitrogen and oxygen atoms in total. The smallest absolute Gasteiger partial charge is 0.145 e. The van der Waals surface area contributed by atoms with Gasteiger partial charge < -0.3 is 9.64 Å². The van der Waals surface area contributed by atoms with E-state index in [1.807, 2.05) is 26.1 Å². The first-order valence-corrected chi connectivity index (χ1v) is 5.90. The lowest BCUT2D eigenvalue weighted by atomic mass is 10.1. The van der Waals surface area contributed by atoms with Crippen LogP contribution in [-0.2, 0) is 0 Å². The van der Waals surface area contributed by atoms with Crippen LogP contribution in [0.25, 0.3) is 0 Å². The van der Waals surface area contributed by atoms with Crippen molar-refractivity contribution < 1.29 is 4.74 Å². The van der Waals surface area contributed by atoms with Crippen LogP contribution >= 0.6 is 11.6 Å². The summed E-state index contributed by atoms with van der Waals surface area (Å²) in [5, 5.41) is 9.22. The van der Waals surface area contributed by atoms with E-state index in [4.69, 9.17) is 21.6 Å². The zero-order valence-corrected chi connectivity index (χ0v) is 11.2. The monoisotopic (exact) mass is 252 g/mol. The van der Waals surface area contributed by atoms with Crippen molar-refractivity contribution in [2.24, 2.45) is 0 Å². The number of ether oxygens (including phenoxy) is 1. The van der Waals surface area contributed by atoms with Crippen LogP contribution in [0, 0.1) is 18.3 Å². The molecule has 0 aliphatic carbocycles. The van der Waals surface area contributed by atoms with E-state index in [1.54, 1.807) is 7.11 Å². The summed E-state index contributed by atoms with van der Waals surface area (Å²) in [6.45, 7) is 2.78. The highest BCUT2D eigenvalue weighted by molar-refractivity contribution is 6.31. The number of hydrogen-bond donors (Lipinski definition) is 0. The Bertz CT molecular complexity index is 426. The molecule has 0 atom stereocenters. The number of rotatable bonds is 5. The summed E-state index contributed by atoms with van der Waals surface area (Å²) in [6.07, 6.45) is 1.40. The molecule has 0 bridgehead atoms. The minimum atomic E-state index is 0.562. The number of benzene rings is 1. The molecule has 0 aliphatic rings. The zero-order chi connectivity index (χ0) is 12.8. The van der Waals surface area contributed by atoms with Gasteiger partial charge in [-0.25, -0.2) is 0 Å². The lowest BCUT2D eigenvalue weighted by molar-refractivity contribution is 0.411. The van der Waals surface area contributed by atoms with Crippen LogP contribution in [0.1, 0.15) is 18.4 Å². The predicted molar refractivity (Wildman–Crippen MR) is 70.9 cm³/mol. The van der Waals surface area contributed by atoms with E-state index in [9.17, 15) is 0 Å². The van der Waals surface area contributed by atoms with Gasteiger partial charge in [0.1, 0.15) is 5.75 Å². The van der Waals surface area contributed by atoms with E-state index in [2.05, 4.69) is 11.0 Å². The zero-order valence-electron chi connectivity index (χ0n) is 10.5. The van der Waals surface area contributed by atoms with E-state index < -0.39 is 0 Å². The van der Waals surface area contributed by atoms with Gasteiger partial charge in [0.2, 0.25) is 0 Å². The van der Waals surface area contributed by atoms with E-state index in [0.717, 1.165) is 30.0 Å². The Hall–Kier alpha value is -1.40. The quantitative estimate of drug-likeness (QED) is 0.754. The third-order valence-electron chi connectivity index (χ3n) is 2.62. The van der Waals surface area contributed by atoms with Gasteiger partial charge >= 0.3 is 0 Å². The number of nitrogens with zero attached hydrogens (tertiary/aromatic N) is 2. The first-order chi connectivity index (χ1) is 8.10. The molecule has 0 aliphatic heterocycles. The van der Waals surface area contributed by atoms with Gasteiger partial charge in [-0.05, 0) is 31.0 Å². The van der Waals surface area contributed by atoms with Gasteiger partial charge in [-0.15, -0.1) is 0 Å². The molecule has 0 saturated carbocycles. The maximum Gasteiger partial charge on any atom is 0.145 e. The van der Waals surface area contributed by atoms with Crippen molar-refractivity contribution in [2.45, 2.75) is 19.8 Å². The molecule has 4 heteroatoms. The number of anilines is 1. The van der Waals surface area contributed by atoms with Crippen LogP contribution < -0.4 is 9.64 Å². The van der Waals surface area contributed by atoms with Crippen LogP contribution in [-0.4, -0.2) is 20.7 Å². The largest absolute Gasteiger partial charge is 0.494 e. The molecule has 1 aromatic rings. The molecule has 17 heavy (non-hydrogen) atoms. The molecule has 0 radical (unpaired) electrons. The number of nitriles is 1. The Morgan fingerprint density at radius 1 is 1.47 bits per heavy atom. The highest BCUT2D eigenvalue weighted by Gasteiger charge is 2.11. The molecule has 0 aromatic heterocycles. The molecule has 0 fully saturated rings. The maximum absolute atomic E-state index is 8.52. The Morgan fingerprint density at radius 2 is 2.18 bits per heavy atom. The second kappa shape index (κ2) is 6.36. The number of aryl methyl sites for hydroxylation is 1. The summed E-state index contributed by atoms with van der Waals surface area (Å²) in [5.74, 6) is 0.842. The summed E-state index contributed by atoms with van der Waals surface area (Å²) in [5.41, 5.74) is 1.98. The predicted octanol–water partition coefficient (Wildman–Crippen LogP) is 3.40. The average molecular weight is 253 g/mol. The minimum Gasteiger partial charge on any atom is -0.494 e. The summed E-state index contributed by atoms with van der Waals surface area (Å²) >= 11 is 6.05. The van der Waals surface area contributed by atoms with Crippen LogP contribution in [0.5, 0.6) is 5.75 Å². The van der Waals surface area contributed by atoms with Crippen LogP contribution in [0.3, 0.4) is 0 Å². The molecule has 92 valence electrons. The molecular formula is C13H17ClN2O. The van der Waals surface area contributed by atoms with Crippen molar-refractivity contribution in [2.75, 3.05) is 25.6 Å². The molecule has 0 saturated heterocycles. The van der Waals surface area contributed by atoms with E-state index in [0.29, 0.717) is 11.4 Å². The second-order valence-electron chi connectivity index (χ2n) is 3.96. The van der Waals surface area contributed by atoms with Gasteiger partial charge in [0.15, 0.2) is 0 Å². The van der Waals surface area contributed by atoms with Gasteiger partial charge in [0, 0.05) is 25.0 Å². The van der Waals surface area contributed by atoms with Gasteiger partial charge in [-0.1, -0.05) is 11.6 Å². The number of methoxy groups -OCH3 is 1. The Balaban J connectivity index is 2.91. The van der Waals surface area contributed by atoms with Gasteiger partial charge in [0.05, 0.1) is 18.9 Å². The molecular weight excluding hydrogens is 236 g/mol. The van der Waals surface area contributed by atoms with Crippen molar-refractivity contribution in [3.63, 3.8) is 0 Å². The second-order valence-corrected chi connectivity index (χ2v) is 4.39. The lowest BCUT2D eigenvalue weighted by Gasteiger charge is -2.22.